The van der Waals surface area contributed by atoms with E-state index in [0.29, 0.717) is 0 Å². The Labute approximate surface area is 383 Å². The molecule has 1 heteroatoms. The van der Waals surface area contributed by atoms with Gasteiger partial charge in [0.05, 0.1) is 5.69 Å². The van der Waals surface area contributed by atoms with Crippen LogP contribution in [0.1, 0.15) is 166 Å². The van der Waals surface area contributed by atoms with Crippen LogP contribution in [0.2, 0.25) is 0 Å². The maximum atomic E-state index is 2.36. The number of nitrogens with zero attached hydrogens (tertiary/aromatic N) is 1. The molecule has 0 aromatic heterocycles. The first-order chi connectivity index (χ1) is 30.4. The van der Waals surface area contributed by atoms with Gasteiger partial charge >= 0.3 is 0 Å². The van der Waals surface area contributed by atoms with Crippen LogP contribution >= 0.6 is 0 Å². The van der Waals surface area contributed by atoms with Crippen molar-refractivity contribution in [3.05, 3.63) is 164 Å². The third-order valence-corrected chi connectivity index (χ3v) is 6.66. The van der Waals surface area contributed by atoms with Crippen molar-refractivity contribution in [2.45, 2.75) is 166 Å². The minimum Gasteiger partial charge on any atom is -0.310 e. The lowest BCUT2D eigenvalue weighted by atomic mass is 9.89. The third-order valence-electron chi connectivity index (χ3n) is 6.66. The molecule has 61 heavy (non-hydrogen) atoms. The van der Waals surface area contributed by atoms with Crippen molar-refractivity contribution in [2.24, 2.45) is 0 Å². The lowest BCUT2D eigenvalue weighted by Crippen LogP contribution is -2.11. The van der Waals surface area contributed by atoms with E-state index >= 15 is 0 Å². The van der Waals surface area contributed by atoms with E-state index in [1.54, 1.807) is 0 Å². The van der Waals surface area contributed by atoms with Crippen LogP contribution in [0.25, 0.3) is 33.4 Å². The number of hydrogen-bond acceptors (Lipinski definition) is 1. The topological polar surface area (TPSA) is 3.24 Å². The van der Waals surface area contributed by atoms with Crippen molar-refractivity contribution in [1.29, 1.82) is 0 Å². The molecule has 0 radical (unpaired) electrons. The van der Waals surface area contributed by atoms with Gasteiger partial charge in [0, 0.05) is 16.9 Å². The molecule has 6 aromatic carbocycles. The predicted molar refractivity (Wildman–Crippen MR) is 294 cm³/mol. The van der Waals surface area contributed by atoms with E-state index in [0.717, 1.165) is 17.1 Å². The Morgan fingerprint density at radius 2 is 0.410 bits per heavy atom. The van der Waals surface area contributed by atoms with Gasteiger partial charge in [-0.05, 0) is 64.2 Å². The molecule has 6 aromatic rings. The Morgan fingerprint density at radius 3 is 0.656 bits per heavy atom. The van der Waals surface area contributed by atoms with Gasteiger partial charge in [-0.3, -0.25) is 0 Å². The van der Waals surface area contributed by atoms with Crippen LogP contribution in [0.4, 0.5) is 17.1 Å². The van der Waals surface area contributed by atoms with Crippen LogP contribution in [-0.2, 0) is 0 Å². The lowest BCUT2D eigenvalue weighted by molar-refractivity contribution is 1.28. The molecular weight excluding hydrogens is 735 g/mol. The van der Waals surface area contributed by atoms with E-state index in [1.165, 1.54) is 33.4 Å². The van der Waals surface area contributed by atoms with Crippen molar-refractivity contribution >= 4 is 17.1 Å². The molecule has 0 spiro atoms. The first-order valence-electron chi connectivity index (χ1n) is 24.6. The Balaban J connectivity index is -0.000000211. The molecule has 0 saturated heterocycles. The van der Waals surface area contributed by atoms with E-state index < -0.39 is 0 Å². The van der Waals surface area contributed by atoms with E-state index in [4.69, 9.17) is 0 Å². The summed E-state index contributed by atoms with van der Waals surface area (Å²) in [6.07, 6.45) is 0. The first kappa shape index (κ1) is 70.7. The van der Waals surface area contributed by atoms with Crippen LogP contribution in [0, 0.1) is 0 Å². The molecule has 0 aliphatic rings. The molecule has 6 rings (SSSR count). The minimum absolute atomic E-state index is 1.12. The monoisotopic (exact) mass is 834 g/mol. The van der Waals surface area contributed by atoms with Gasteiger partial charge in [-0.2, -0.15) is 0 Å². The van der Waals surface area contributed by atoms with Gasteiger partial charge in [0.25, 0.3) is 0 Å². The minimum atomic E-state index is 1.12. The molecule has 0 bridgehead atoms. The molecule has 0 atom stereocenters. The van der Waals surface area contributed by atoms with Crippen molar-refractivity contribution in [2.75, 3.05) is 4.90 Å². The number of para-hydroxylation sites is 2. The Morgan fingerprint density at radius 1 is 0.213 bits per heavy atom. The van der Waals surface area contributed by atoms with Crippen LogP contribution in [0.3, 0.4) is 0 Å². The number of rotatable bonds is 6. The fourth-order valence-electron chi connectivity index (χ4n) is 4.92. The molecule has 0 N–H and O–H groups in total. The van der Waals surface area contributed by atoms with Crippen LogP contribution < -0.4 is 4.90 Å². The van der Waals surface area contributed by atoms with Gasteiger partial charge in [0.1, 0.15) is 0 Å². The molecule has 1 nitrogen and oxygen atoms in total. The average Bonchev–Trinajstić information content (AvgIpc) is 3.42. The average molecular weight is 834 g/mol. The fourth-order valence-corrected chi connectivity index (χ4v) is 4.92. The van der Waals surface area contributed by atoms with Gasteiger partial charge in [-0.15, -0.1) is 0 Å². The summed E-state index contributed by atoms with van der Waals surface area (Å²) in [5.74, 6) is 0. The molecule has 0 aliphatic carbocycles. The first-order valence-corrected chi connectivity index (χ1v) is 24.6. The van der Waals surface area contributed by atoms with Crippen molar-refractivity contribution < 1.29 is 0 Å². The van der Waals surface area contributed by atoms with Crippen LogP contribution in [0.15, 0.2) is 164 Å². The molecule has 0 unspecified atom stereocenters. The van der Waals surface area contributed by atoms with Crippen LogP contribution in [0.5, 0.6) is 0 Å². The summed E-state index contributed by atoms with van der Waals surface area (Å²) in [4.78, 5) is 2.36. The van der Waals surface area contributed by atoms with E-state index in [9.17, 15) is 0 Å². The van der Waals surface area contributed by atoms with Crippen molar-refractivity contribution in [3.63, 3.8) is 0 Å². The Hall–Kier alpha value is -4.88. The highest BCUT2D eigenvalue weighted by Crippen LogP contribution is 2.46. The second-order valence-corrected chi connectivity index (χ2v) is 9.02. The number of benzene rings is 6. The fraction of sp³-hybridized carbons (Fsp3) is 0.400. The summed E-state index contributed by atoms with van der Waals surface area (Å²) in [6.45, 7) is 48.0. The summed E-state index contributed by atoms with van der Waals surface area (Å²) < 4.78 is 0. The second kappa shape index (κ2) is 59.4. The van der Waals surface area contributed by atoms with Gasteiger partial charge in [-0.1, -0.05) is 294 Å². The Kier molecular flexibility index (Phi) is 68.9. The summed E-state index contributed by atoms with van der Waals surface area (Å²) in [5, 5.41) is 0. The maximum absolute atomic E-state index is 2.36. The standard InChI is InChI=1S/C36H27N.12C2H6/c1-6-16-28(17-7-1)33-26-35(30-20-10-3-11-21-30)36(27-34(33)29-18-8-2-9-19-29)37(31-22-12-4-13-23-31)32-24-14-5-15-25-32;12*1-2/h1-27H;12*1-2H3. The SMILES string of the molecule is CC.CC.CC.CC.CC.CC.CC.CC.CC.CC.CC.CC.c1ccc(-c2cc(-c3ccccc3)c(N(c3ccccc3)c3ccccc3)cc2-c2ccccc2)cc1. The normalized spacial score (nSPS) is 7.67. The van der Waals surface area contributed by atoms with Gasteiger partial charge in [0.15, 0.2) is 0 Å². The highest BCUT2D eigenvalue weighted by atomic mass is 15.1. The number of hydrogen-bond donors (Lipinski definition) is 0. The van der Waals surface area contributed by atoms with Gasteiger partial charge in [-0.25, -0.2) is 0 Å². The molecule has 0 heterocycles. The van der Waals surface area contributed by atoms with E-state index in [2.05, 4.69) is 169 Å². The third kappa shape index (κ3) is 27.6. The summed E-state index contributed by atoms with van der Waals surface area (Å²) in [5.41, 5.74) is 10.6. The maximum Gasteiger partial charge on any atom is 0.0546 e. The number of anilines is 3. The smallest absolute Gasteiger partial charge is 0.0546 e. The Bertz CT molecular complexity index is 1540. The highest BCUT2D eigenvalue weighted by molar-refractivity contribution is 5.96. The van der Waals surface area contributed by atoms with Crippen molar-refractivity contribution in [3.8, 4) is 33.4 Å². The highest BCUT2D eigenvalue weighted by Gasteiger charge is 2.21. The zero-order chi connectivity index (χ0) is 48.9. The van der Waals surface area contributed by atoms with Crippen LogP contribution in [-0.4, -0.2) is 0 Å². The van der Waals surface area contributed by atoms with Crippen molar-refractivity contribution in [1.82, 2.24) is 0 Å². The predicted octanol–water partition coefficient (Wildman–Crippen LogP) is 22.5. The van der Waals surface area contributed by atoms with Gasteiger partial charge in [0.2, 0.25) is 0 Å². The summed E-state index contributed by atoms with van der Waals surface area (Å²) >= 11 is 0. The zero-order valence-electron chi connectivity index (χ0n) is 44.5. The van der Waals surface area contributed by atoms with E-state index in [-0.39, 0.29) is 0 Å². The largest absolute Gasteiger partial charge is 0.310 e. The molecule has 0 saturated carbocycles. The molecule has 0 fully saturated rings. The lowest BCUT2D eigenvalue weighted by Gasteiger charge is -2.29. The quantitative estimate of drug-likeness (QED) is 0.162. The molecule has 0 amide bonds. The zero-order valence-corrected chi connectivity index (χ0v) is 44.5. The molecule has 344 valence electrons. The summed E-state index contributed by atoms with van der Waals surface area (Å²) in [6, 6.07) is 58.0. The van der Waals surface area contributed by atoms with Gasteiger partial charge < -0.3 is 4.90 Å². The summed E-state index contributed by atoms with van der Waals surface area (Å²) in [7, 11) is 0. The van der Waals surface area contributed by atoms with E-state index in [1.807, 2.05) is 166 Å². The molecule has 0 aliphatic heterocycles. The second-order valence-electron chi connectivity index (χ2n) is 9.02. The molecular formula is C60H99N.